The molecule has 9 heteroatoms. The number of nitro groups is 1. The van der Waals surface area contributed by atoms with E-state index in [2.05, 4.69) is 9.97 Å². The molecule has 20 heavy (non-hydrogen) atoms. The van der Waals surface area contributed by atoms with Crippen molar-refractivity contribution in [2.45, 2.75) is 6.42 Å². The van der Waals surface area contributed by atoms with Crippen molar-refractivity contribution in [1.82, 2.24) is 9.97 Å². The molecule has 0 fully saturated rings. The molecule has 0 atom stereocenters. The molecule has 0 saturated carbocycles. The van der Waals surface area contributed by atoms with E-state index in [4.69, 9.17) is 11.5 Å². The number of anilines is 2. The number of aromatic nitrogens is 2. The maximum atomic E-state index is 13.6. The lowest BCUT2D eigenvalue weighted by Gasteiger charge is -2.07. The quantitative estimate of drug-likeness (QED) is 0.648. The molecule has 0 radical (unpaired) electrons. The number of hydrogen-bond donors (Lipinski definition) is 2. The molecule has 2 aromatic rings. The first-order chi connectivity index (χ1) is 9.40. The first-order valence-electron chi connectivity index (χ1n) is 5.39. The smallest absolute Gasteiger partial charge is 0.332 e. The maximum absolute atomic E-state index is 13.6. The van der Waals surface area contributed by atoms with Gasteiger partial charge in [0.2, 0.25) is 11.8 Å². The van der Waals surface area contributed by atoms with Crippen LogP contribution in [0.1, 0.15) is 11.3 Å². The summed E-state index contributed by atoms with van der Waals surface area (Å²) in [5.74, 6) is -2.43. The average Bonchev–Trinajstić information content (AvgIpc) is 2.32. The number of benzene rings is 1. The summed E-state index contributed by atoms with van der Waals surface area (Å²) in [6.45, 7) is 0. The summed E-state index contributed by atoms with van der Waals surface area (Å²) in [5, 5.41) is 10.9. The largest absolute Gasteiger partial charge is 0.378 e. The van der Waals surface area contributed by atoms with Gasteiger partial charge in [-0.25, -0.2) is 13.8 Å². The molecule has 0 amide bonds. The van der Waals surface area contributed by atoms with Crippen LogP contribution in [0.4, 0.5) is 26.2 Å². The van der Waals surface area contributed by atoms with Crippen molar-refractivity contribution in [3.8, 4) is 0 Å². The standard InChI is InChI=1S/C11H9F2N5O2/c12-6-2-1-3-7(13)5(6)4-8-9(18(19)20)10(14)17-11(15)16-8/h1-3H,4H2,(H4,14,15,16,17). The summed E-state index contributed by atoms with van der Waals surface area (Å²) < 4.78 is 27.1. The van der Waals surface area contributed by atoms with Crippen molar-refractivity contribution in [1.29, 1.82) is 0 Å². The van der Waals surface area contributed by atoms with Crippen molar-refractivity contribution < 1.29 is 13.7 Å². The molecule has 4 N–H and O–H groups in total. The second kappa shape index (κ2) is 5.03. The third-order valence-electron chi connectivity index (χ3n) is 2.59. The second-order valence-corrected chi connectivity index (χ2v) is 3.90. The van der Waals surface area contributed by atoms with Gasteiger partial charge in [0.25, 0.3) is 0 Å². The summed E-state index contributed by atoms with van der Waals surface area (Å²) in [4.78, 5) is 17.2. The number of hydrogen-bond acceptors (Lipinski definition) is 6. The van der Waals surface area contributed by atoms with E-state index < -0.39 is 34.5 Å². The van der Waals surface area contributed by atoms with Gasteiger partial charge >= 0.3 is 5.69 Å². The molecule has 2 rings (SSSR count). The average molecular weight is 281 g/mol. The highest BCUT2D eigenvalue weighted by atomic mass is 19.1. The van der Waals surface area contributed by atoms with Crippen LogP contribution in [0.25, 0.3) is 0 Å². The van der Waals surface area contributed by atoms with Crippen LogP contribution in [0.2, 0.25) is 0 Å². The van der Waals surface area contributed by atoms with Crippen molar-refractivity contribution >= 4 is 17.5 Å². The first-order valence-corrected chi connectivity index (χ1v) is 5.39. The van der Waals surface area contributed by atoms with Crippen molar-refractivity contribution in [2.24, 2.45) is 0 Å². The van der Waals surface area contributed by atoms with E-state index >= 15 is 0 Å². The van der Waals surface area contributed by atoms with E-state index in [-0.39, 0.29) is 17.2 Å². The van der Waals surface area contributed by atoms with Gasteiger partial charge in [-0.15, -0.1) is 0 Å². The Morgan fingerprint density at radius 2 is 1.80 bits per heavy atom. The predicted octanol–water partition coefficient (Wildman–Crippen LogP) is 1.42. The van der Waals surface area contributed by atoms with Crippen molar-refractivity contribution in [2.75, 3.05) is 11.5 Å². The zero-order valence-electron chi connectivity index (χ0n) is 10.0. The van der Waals surface area contributed by atoms with Gasteiger partial charge in [0.15, 0.2) is 0 Å². The Balaban J connectivity index is 2.56. The minimum absolute atomic E-state index is 0.246. The van der Waals surface area contributed by atoms with Gasteiger partial charge in [0, 0.05) is 12.0 Å². The Kier molecular flexibility index (Phi) is 3.42. The Labute approximate surface area is 111 Å². The Morgan fingerprint density at radius 1 is 1.20 bits per heavy atom. The lowest BCUT2D eigenvalue weighted by molar-refractivity contribution is -0.385. The van der Waals surface area contributed by atoms with E-state index in [0.29, 0.717) is 0 Å². The lowest BCUT2D eigenvalue weighted by Crippen LogP contribution is -2.10. The first kappa shape index (κ1) is 13.6. The predicted molar refractivity (Wildman–Crippen MR) is 66.7 cm³/mol. The molecular formula is C11H9F2N5O2. The molecule has 104 valence electrons. The Hall–Kier alpha value is -2.84. The summed E-state index contributed by atoms with van der Waals surface area (Å²) in [6.07, 6.45) is -0.453. The third-order valence-corrected chi connectivity index (χ3v) is 2.59. The summed E-state index contributed by atoms with van der Waals surface area (Å²) in [7, 11) is 0. The van der Waals surface area contributed by atoms with Gasteiger partial charge < -0.3 is 11.5 Å². The molecule has 7 nitrogen and oxygen atoms in total. The molecule has 0 bridgehead atoms. The molecule has 1 aromatic heterocycles. The fourth-order valence-corrected chi connectivity index (χ4v) is 1.73. The zero-order valence-corrected chi connectivity index (χ0v) is 10.0. The van der Waals surface area contributed by atoms with E-state index in [1.54, 1.807) is 0 Å². The van der Waals surface area contributed by atoms with Gasteiger partial charge in [-0.3, -0.25) is 10.1 Å². The monoisotopic (exact) mass is 281 g/mol. The molecule has 0 aliphatic heterocycles. The fourth-order valence-electron chi connectivity index (χ4n) is 1.73. The number of nitrogens with two attached hydrogens (primary N) is 2. The van der Waals surface area contributed by atoms with E-state index in [0.717, 1.165) is 12.1 Å². The number of nitrogen functional groups attached to an aromatic ring is 2. The zero-order chi connectivity index (χ0) is 14.9. The summed E-state index contributed by atoms with van der Waals surface area (Å²) in [5.41, 5.74) is 9.53. The second-order valence-electron chi connectivity index (χ2n) is 3.90. The maximum Gasteiger partial charge on any atom is 0.332 e. The van der Waals surface area contributed by atoms with Gasteiger partial charge in [-0.05, 0) is 12.1 Å². The van der Waals surface area contributed by atoms with Crippen molar-refractivity contribution in [3.05, 3.63) is 51.2 Å². The lowest BCUT2D eigenvalue weighted by atomic mass is 10.1. The Morgan fingerprint density at radius 3 is 2.35 bits per heavy atom. The van der Waals surface area contributed by atoms with Crippen LogP contribution in [0.3, 0.4) is 0 Å². The minimum atomic E-state index is -0.838. The highest BCUT2D eigenvalue weighted by Crippen LogP contribution is 2.27. The SMILES string of the molecule is Nc1nc(N)c([N+](=O)[O-])c(Cc2c(F)cccc2F)n1. The third kappa shape index (κ3) is 2.46. The van der Waals surface area contributed by atoms with Crippen LogP contribution in [0.15, 0.2) is 18.2 Å². The highest BCUT2D eigenvalue weighted by Gasteiger charge is 2.24. The normalized spacial score (nSPS) is 10.5. The summed E-state index contributed by atoms with van der Waals surface area (Å²) in [6, 6.07) is 3.27. The molecule has 0 aliphatic rings. The topological polar surface area (TPSA) is 121 Å². The van der Waals surface area contributed by atoms with Crippen LogP contribution in [0, 0.1) is 21.7 Å². The van der Waals surface area contributed by atoms with Crippen LogP contribution < -0.4 is 11.5 Å². The van der Waals surface area contributed by atoms with Crippen molar-refractivity contribution in [3.63, 3.8) is 0 Å². The molecule has 0 unspecified atom stereocenters. The fraction of sp³-hybridized carbons (Fsp3) is 0.0909. The number of halogens is 2. The number of nitrogens with zero attached hydrogens (tertiary/aromatic N) is 3. The molecule has 0 saturated heterocycles. The van der Waals surface area contributed by atoms with E-state index in [9.17, 15) is 18.9 Å². The molecular weight excluding hydrogens is 272 g/mol. The van der Waals surface area contributed by atoms with Crippen LogP contribution in [-0.2, 0) is 6.42 Å². The highest BCUT2D eigenvalue weighted by molar-refractivity contribution is 5.58. The molecule has 1 heterocycles. The molecule has 0 spiro atoms. The van der Waals surface area contributed by atoms with E-state index in [1.807, 2.05) is 0 Å². The van der Waals surface area contributed by atoms with Gasteiger partial charge in [-0.1, -0.05) is 6.07 Å². The van der Waals surface area contributed by atoms with Gasteiger partial charge in [0.05, 0.1) is 4.92 Å². The van der Waals surface area contributed by atoms with Crippen LogP contribution in [-0.4, -0.2) is 14.9 Å². The molecule has 1 aromatic carbocycles. The van der Waals surface area contributed by atoms with Gasteiger partial charge in [-0.2, -0.15) is 4.98 Å². The molecule has 0 aliphatic carbocycles. The van der Waals surface area contributed by atoms with Crippen LogP contribution in [0.5, 0.6) is 0 Å². The minimum Gasteiger partial charge on any atom is -0.378 e. The van der Waals surface area contributed by atoms with Gasteiger partial charge in [0.1, 0.15) is 17.3 Å². The van der Waals surface area contributed by atoms with E-state index in [1.165, 1.54) is 6.07 Å². The summed E-state index contributed by atoms with van der Waals surface area (Å²) >= 11 is 0. The Bertz CT molecular complexity index is 673. The van der Waals surface area contributed by atoms with Crippen LogP contribution >= 0.6 is 0 Å². The number of rotatable bonds is 3.